The number of carbonyl (C=O) groups is 2. The van der Waals surface area contributed by atoms with Crippen LogP contribution in [0, 0.1) is 0 Å². The number of phenols is 1. The van der Waals surface area contributed by atoms with Gasteiger partial charge in [-0.3, -0.25) is 4.79 Å². The molecule has 0 aliphatic carbocycles. The number of amides is 1. The summed E-state index contributed by atoms with van der Waals surface area (Å²) in [5.74, 6) is -1.06. The Morgan fingerprint density at radius 2 is 1.82 bits per heavy atom. The SMILES string of the molecule is COc1ccc(CC(=O)Nc2ccc(O)cc2C(=O)O)cc1. The minimum atomic E-state index is -1.23. The van der Waals surface area contributed by atoms with Gasteiger partial charge in [-0.15, -0.1) is 0 Å². The van der Waals surface area contributed by atoms with Crippen molar-refractivity contribution in [3.63, 3.8) is 0 Å². The van der Waals surface area contributed by atoms with Gasteiger partial charge in [0.2, 0.25) is 5.91 Å². The zero-order valence-electron chi connectivity index (χ0n) is 11.9. The number of ether oxygens (including phenoxy) is 1. The largest absolute Gasteiger partial charge is 0.508 e. The van der Waals surface area contributed by atoms with Crippen molar-refractivity contribution in [2.45, 2.75) is 6.42 Å². The zero-order valence-corrected chi connectivity index (χ0v) is 11.9. The zero-order chi connectivity index (χ0) is 16.1. The van der Waals surface area contributed by atoms with E-state index in [1.807, 2.05) is 0 Å². The van der Waals surface area contributed by atoms with Crippen molar-refractivity contribution in [3.8, 4) is 11.5 Å². The Bertz CT molecular complexity index is 694. The summed E-state index contributed by atoms with van der Waals surface area (Å²) in [6.45, 7) is 0. The maximum absolute atomic E-state index is 12.0. The maximum Gasteiger partial charge on any atom is 0.337 e. The molecular weight excluding hydrogens is 286 g/mol. The number of hydrogen-bond donors (Lipinski definition) is 3. The molecule has 0 bridgehead atoms. The van der Waals surface area contributed by atoms with Crippen LogP contribution >= 0.6 is 0 Å². The lowest BCUT2D eigenvalue weighted by Crippen LogP contribution is -2.16. The van der Waals surface area contributed by atoms with Crippen molar-refractivity contribution in [2.75, 3.05) is 12.4 Å². The molecule has 2 rings (SSSR count). The van der Waals surface area contributed by atoms with Crippen LogP contribution in [0.4, 0.5) is 5.69 Å². The van der Waals surface area contributed by atoms with Crippen molar-refractivity contribution in [3.05, 3.63) is 53.6 Å². The van der Waals surface area contributed by atoms with E-state index in [9.17, 15) is 14.7 Å². The van der Waals surface area contributed by atoms with Gasteiger partial charge in [0.15, 0.2) is 0 Å². The molecule has 3 N–H and O–H groups in total. The molecule has 0 radical (unpaired) electrons. The Morgan fingerprint density at radius 1 is 1.14 bits per heavy atom. The van der Waals surface area contributed by atoms with Gasteiger partial charge in [-0.1, -0.05) is 12.1 Å². The first kappa shape index (κ1) is 15.4. The molecule has 0 spiro atoms. The Labute approximate surface area is 127 Å². The molecule has 0 aromatic heterocycles. The fraction of sp³-hybridized carbons (Fsp3) is 0.125. The number of phenolic OH excluding ortho intramolecular Hbond substituents is 1. The molecule has 0 heterocycles. The highest BCUT2D eigenvalue weighted by atomic mass is 16.5. The molecule has 0 atom stereocenters. The van der Waals surface area contributed by atoms with Crippen LogP contribution in [-0.4, -0.2) is 29.2 Å². The number of carboxylic acid groups (broad SMARTS) is 1. The lowest BCUT2D eigenvalue weighted by Gasteiger charge is -2.09. The molecule has 0 aliphatic heterocycles. The average Bonchev–Trinajstić information content (AvgIpc) is 2.49. The van der Waals surface area contributed by atoms with E-state index in [0.717, 1.165) is 11.6 Å². The van der Waals surface area contributed by atoms with Crippen LogP contribution in [-0.2, 0) is 11.2 Å². The third kappa shape index (κ3) is 3.76. The molecule has 114 valence electrons. The fourth-order valence-corrected chi connectivity index (χ4v) is 1.94. The molecule has 0 saturated heterocycles. The number of rotatable bonds is 5. The topological polar surface area (TPSA) is 95.9 Å². The van der Waals surface area contributed by atoms with Crippen molar-refractivity contribution in [2.24, 2.45) is 0 Å². The van der Waals surface area contributed by atoms with E-state index >= 15 is 0 Å². The summed E-state index contributed by atoms with van der Waals surface area (Å²) < 4.78 is 5.03. The smallest absolute Gasteiger partial charge is 0.337 e. The number of aromatic carboxylic acids is 1. The molecule has 22 heavy (non-hydrogen) atoms. The third-order valence-corrected chi connectivity index (χ3v) is 3.03. The number of benzene rings is 2. The molecule has 0 saturated carbocycles. The van der Waals surface area contributed by atoms with Gasteiger partial charge in [-0.2, -0.15) is 0 Å². The standard InChI is InChI=1S/C16H15NO5/c1-22-12-5-2-10(3-6-12)8-15(19)17-14-7-4-11(18)9-13(14)16(20)21/h2-7,9,18H,8H2,1H3,(H,17,19)(H,20,21). The highest BCUT2D eigenvalue weighted by Crippen LogP contribution is 2.21. The van der Waals surface area contributed by atoms with Crippen LogP contribution in [0.5, 0.6) is 11.5 Å². The molecule has 0 aliphatic rings. The summed E-state index contributed by atoms with van der Waals surface area (Å²) in [5, 5.41) is 20.9. The van der Waals surface area contributed by atoms with Crippen LogP contribution in [0.2, 0.25) is 0 Å². The Morgan fingerprint density at radius 3 is 2.41 bits per heavy atom. The van der Waals surface area contributed by atoms with Crippen LogP contribution in [0.15, 0.2) is 42.5 Å². The van der Waals surface area contributed by atoms with Gasteiger partial charge in [0.1, 0.15) is 11.5 Å². The minimum absolute atomic E-state index is 0.101. The first-order valence-electron chi connectivity index (χ1n) is 6.48. The number of nitrogens with one attached hydrogen (secondary N) is 1. The van der Waals surface area contributed by atoms with Crippen molar-refractivity contribution in [1.82, 2.24) is 0 Å². The quantitative estimate of drug-likeness (QED) is 0.736. The summed E-state index contributed by atoms with van der Waals surface area (Å²) in [7, 11) is 1.56. The minimum Gasteiger partial charge on any atom is -0.508 e. The van der Waals surface area contributed by atoms with Crippen LogP contribution < -0.4 is 10.1 Å². The van der Waals surface area contributed by atoms with Crippen LogP contribution in [0.25, 0.3) is 0 Å². The van der Waals surface area contributed by atoms with Gasteiger partial charge in [-0.25, -0.2) is 4.79 Å². The first-order chi connectivity index (χ1) is 10.5. The highest BCUT2D eigenvalue weighted by molar-refractivity contribution is 6.01. The van der Waals surface area contributed by atoms with Crippen molar-refractivity contribution >= 4 is 17.6 Å². The first-order valence-corrected chi connectivity index (χ1v) is 6.48. The summed E-state index contributed by atoms with van der Waals surface area (Å²) >= 11 is 0. The molecule has 0 unspecified atom stereocenters. The van der Waals surface area contributed by atoms with E-state index in [2.05, 4.69) is 5.32 Å². The number of methoxy groups -OCH3 is 1. The number of hydrogen-bond acceptors (Lipinski definition) is 4. The van der Waals surface area contributed by atoms with E-state index in [1.54, 1.807) is 31.4 Å². The van der Waals surface area contributed by atoms with E-state index in [0.29, 0.717) is 5.75 Å². The summed E-state index contributed by atoms with van der Waals surface area (Å²) in [5.41, 5.74) is 0.751. The molecule has 2 aromatic carbocycles. The Balaban J connectivity index is 2.10. The van der Waals surface area contributed by atoms with Gasteiger partial charge in [0.25, 0.3) is 0 Å². The fourth-order valence-electron chi connectivity index (χ4n) is 1.94. The normalized spacial score (nSPS) is 10.0. The van der Waals surface area contributed by atoms with Gasteiger partial charge >= 0.3 is 5.97 Å². The van der Waals surface area contributed by atoms with E-state index in [4.69, 9.17) is 9.84 Å². The Hall–Kier alpha value is -3.02. The van der Waals surface area contributed by atoms with Gasteiger partial charge in [-0.05, 0) is 35.9 Å². The lowest BCUT2D eigenvalue weighted by molar-refractivity contribution is -0.115. The van der Waals surface area contributed by atoms with E-state index in [1.165, 1.54) is 12.1 Å². The monoisotopic (exact) mass is 301 g/mol. The van der Waals surface area contributed by atoms with Crippen LogP contribution in [0.1, 0.15) is 15.9 Å². The molecule has 0 fully saturated rings. The number of carbonyl (C=O) groups excluding carboxylic acids is 1. The van der Waals surface area contributed by atoms with Gasteiger partial charge in [0, 0.05) is 0 Å². The molecule has 6 heteroatoms. The van der Waals surface area contributed by atoms with Gasteiger partial charge < -0.3 is 20.3 Å². The summed E-state index contributed by atoms with van der Waals surface area (Å²) in [6, 6.07) is 10.8. The molecule has 1 amide bonds. The average molecular weight is 301 g/mol. The summed E-state index contributed by atoms with van der Waals surface area (Å²) in [6.07, 6.45) is 0.101. The molecule has 2 aromatic rings. The Kier molecular flexibility index (Phi) is 4.63. The number of anilines is 1. The molecule has 6 nitrogen and oxygen atoms in total. The second-order valence-electron chi connectivity index (χ2n) is 4.61. The van der Waals surface area contributed by atoms with Gasteiger partial charge in [0.05, 0.1) is 24.8 Å². The second-order valence-corrected chi connectivity index (χ2v) is 4.61. The number of carboxylic acids is 1. The predicted molar refractivity (Wildman–Crippen MR) is 80.4 cm³/mol. The van der Waals surface area contributed by atoms with E-state index < -0.39 is 5.97 Å². The highest BCUT2D eigenvalue weighted by Gasteiger charge is 2.13. The van der Waals surface area contributed by atoms with E-state index in [-0.39, 0.29) is 29.3 Å². The maximum atomic E-state index is 12.0. The number of aromatic hydroxyl groups is 1. The van der Waals surface area contributed by atoms with Crippen molar-refractivity contribution < 1.29 is 24.5 Å². The van der Waals surface area contributed by atoms with Crippen LogP contribution in [0.3, 0.4) is 0 Å². The summed E-state index contributed by atoms with van der Waals surface area (Å²) in [4.78, 5) is 23.1. The second kappa shape index (κ2) is 6.62. The molecular formula is C16H15NO5. The third-order valence-electron chi connectivity index (χ3n) is 3.03. The predicted octanol–water partition coefficient (Wildman–Crippen LogP) is 2.28. The lowest BCUT2D eigenvalue weighted by atomic mass is 10.1. The van der Waals surface area contributed by atoms with Crippen molar-refractivity contribution in [1.29, 1.82) is 0 Å².